The first-order chi connectivity index (χ1) is 10.5. The van der Waals surface area contributed by atoms with E-state index in [1.165, 1.54) is 5.56 Å². The molecular weight excluding hydrogens is 314 g/mol. The van der Waals surface area contributed by atoms with E-state index >= 15 is 0 Å². The molecule has 0 spiro atoms. The Labute approximate surface area is 144 Å². The van der Waals surface area contributed by atoms with Crippen molar-refractivity contribution >= 4 is 24.2 Å². The number of nitrogens with one attached hydrogen (secondary N) is 1. The van der Waals surface area contributed by atoms with Gasteiger partial charge in [0.05, 0.1) is 6.04 Å². The molecule has 1 heterocycles. The van der Waals surface area contributed by atoms with Gasteiger partial charge in [0.15, 0.2) is 0 Å². The fraction of sp³-hybridized carbons (Fsp3) is 0.529. The number of piperidine rings is 1. The van der Waals surface area contributed by atoms with Crippen LogP contribution >= 0.6 is 12.4 Å². The SMILES string of the molecule is Cc1ccc(CNC(=O)C2CCN(C(=O)[C@H](C)N)CC2)cc1.Cl. The van der Waals surface area contributed by atoms with Gasteiger partial charge >= 0.3 is 0 Å². The molecule has 0 bridgehead atoms. The van der Waals surface area contributed by atoms with Crippen LogP contribution < -0.4 is 11.1 Å². The Balaban J connectivity index is 0.00000264. The molecule has 5 nitrogen and oxygen atoms in total. The highest BCUT2D eigenvalue weighted by atomic mass is 35.5. The van der Waals surface area contributed by atoms with E-state index < -0.39 is 6.04 Å². The molecule has 0 saturated carbocycles. The largest absolute Gasteiger partial charge is 0.352 e. The first-order valence-corrected chi connectivity index (χ1v) is 7.85. The molecule has 1 aliphatic rings. The Morgan fingerprint density at radius 3 is 2.35 bits per heavy atom. The molecule has 0 aromatic heterocycles. The van der Waals surface area contributed by atoms with Gasteiger partial charge in [-0.1, -0.05) is 29.8 Å². The average molecular weight is 340 g/mol. The maximum atomic E-state index is 12.2. The van der Waals surface area contributed by atoms with E-state index in [9.17, 15) is 9.59 Å². The molecular formula is C17H26ClN3O2. The summed E-state index contributed by atoms with van der Waals surface area (Å²) in [5.41, 5.74) is 7.92. The van der Waals surface area contributed by atoms with E-state index in [0.717, 1.165) is 5.56 Å². The van der Waals surface area contributed by atoms with E-state index in [1.807, 2.05) is 31.2 Å². The second-order valence-corrected chi connectivity index (χ2v) is 6.09. The van der Waals surface area contributed by atoms with Crippen molar-refractivity contribution in [3.8, 4) is 0 Å². The molecule has 1 saturated heterocycles. The molecule has 0 unspecified atom stereocenters. The quantitative estimate of drug-likeness (QED) is 0.875. The summed E-state index contributed by atoms with van der Waals surface area (Å²) in [5, 5.41) is 2.99. The number of carbonyl (C=O) groups is 2. The van der Waals surface area contributed by atoms with Crippen LogP contribution in [-0.2, 0) is 16.1 Å². The molecule has 23 heavy (non-hydrogen) atoms. The van der Waals surface area contributed by atoms with E-state index in [1.54, 1.807) is 11.8 Å². The first-order valence-electron chi connectivity index (χ1n) is 7.85. The van der Waals surface area contributed by atoms with E-state index in [0.29, 0.717) is 32.5 Å². The molecule has 6 heteroatoms. The van der Waals surface area contributed by atoms with Gasteiger partial charge in [-0.05, 0) is 32.3 Å². The monoisotopic (exact) mass is 339 g/mol. The topological polar surface area (TPSA) is 75.4 Å². The van der Waals surface area contributed by atoms with Crippen molar-refractivity contribution in [1.82, 2.24) is 10.2 Å². The van der Waals surface area contributed by atoms with E-state index in [2.05, 4.69) is 5.32 Å². The summed E-state index contributed by atoms with van der Waals surface area (Å²) < 4.78 is 0. The van der Waals surface area contributed by atoms with Crippen LogP contribution in [0.25, 0.3) is 0 Å². The number of benzene rings is 1. The van der Waals surface area contributed by atoms with Crippen LogP contribution in [0.1, 0.15) is 30.9 Å². The average Bonchev–Trinajstić information content (AvgIpc) is 2.53. The fourth-order valence-corrected chi connectivity index (χ4v) is 2.69. The summed E-state index contributed by atoms with van der Waals surface area (Å²) in [4.78, 5) is 25.8. The maximum absolute atomic E-state index is 12.2. The Bertz CT molecular complexity index is 523. The predicted octanol–water partition coefficient (Wildman–Crippen LogP) is 1.62. The molecule has 128 valence electrons. The summed E-state index contributed by atoms with van der Waals surface area (Å²) in [6.45, 7) is 5.52. The predicted molar refractivity (Wildman–Crippen MR) is 93.2 cm³/mol. The normalized spacial score (nSPS) is 16.4. The van der Waals surface area contributed by atoms with E-state index in [-0.39, 0.29) is 30.1 Å². The number of aryl methyl sites for hydroxylation is 1. The van der Waals surface area contributed by atoms with Crippen LogP contribution in [0.3, 0.4) is 0 Å². The molecule has 1 atom stereocenters. The van der Waals surface area contributed by atoms with Crippen molar-refractivity contribution in [3.63, 3.8) is 0 Å². The number of halogens is 1. The second kappa shape index (κ2) is 8.89. The third-order valence-corrected chi connectivity index (χ3v) is 4.15. The molecule has 0 radical (unpaired) electrons. The van der Waals surface area contributed by atoms with Gasteiger partial charge in [0, 0.05) is 25.6 Å². The number of hydrogen-bond acceptors (Lipinski definition) is 3. The van der Waals surface area contributed by atoms with Crippen molar-refractivity contribution in [2.24, 2.45) is 11.7 Å². The highest BCUT2D eigenvalue weighted by Crippen LogP contribution is 2.18. The van der Waals surface area contributed by atoms with Gasteiger partial charge in [0.25, 0.3) is 0 Å². The number of rotatable bonds is 4. The molecule has 1 aromatic carbocycles. The third kappa shape index (κ3) is 5.52. The van der Waals surface area contributed by atoms with E-state index in [4.69, 9.17) is 5.73 Å². The molecule has 1 aromatic rings. The lowest BCUT2D eigenvalue weighted by Crippen LogP contribution is -2.47. The molecule has 2 rings (SSSR count). The number of amides is 2. The lowest BCUT2D eigenvalue weighted by molar-refractivity contribution is -0.136. The summed E-state index contributed by atoms with van der Waals surface area (Å²) >= 11 is 0. The van der Waals surface area contributed by atoms with Crippen LogP contribution in [0.15, 0.2) is 24.3 Å². The van der Waals surface area contributed by atoms with Crippen molar-refractivity contribution in [2.45, 2.75) is 39.3 Å². The van der Waals surface area contributed by atoms with Gasteiger partial charge in [-0.3, -0.25) is 9.59 Å². The van der Waals surface area contributed by atoms with Crippen molar-refractivity contribution in [1.29, 1.82) is 0 Å². The van der Waals surface area contributed by atoms with Crippen LogP contribution in [0.4, 0.5) is 0 Å². The minimum atomic E-state index is -0.466. The third-order valence-electron chi connectivity index (χ3n) is 4.15. The Hall–Kier alpha value is -1.59. The highest BCUT2D eigenvalue weighted by Gasteiger charge is 2.28. The van der Waals surface area contributed by atoms with Crippen molar-refractivity contribution < 1.29 is 9.59 Å². The lowest BCUT2D eigenvalue weighted by atomic mass is 9.95. The van der Waals surface area contributed by atoms with Gasteiger partial charge in [0.2, 0.25) is 11.8 Å². The minimum Gasteiger partial charge on any atom is -0.352 e. The molecule has 0 aliphatic carbocycles. The van der Waals surface area contributed by atoms with Crippen molar-refractivity contribution in [3.05, 3.63) is 35.4 Å². The second-order valence-electron chi connectivity index (χ2n) is 6.09. The van der Waals surface area contributed by atoms with Gasteiger partial charge in [-0.25, -0.2) is 0 Å². The smallest absolute Gasteiger partial charge is 0.239 e. The number of nitrogens with zero attached hydrogens (tertiary/aromatic N) is 1. The zero-order valence-electron chi connectivity index (χ0n) is 13.7. The maximum Gasteiger partial charge on any atom is 0.239 e. The molecule has 1 fully saturated rings. The van der Waals surface area contributed by atoms with Gasteiger partial charge < -0.3 is 16.0 Å². The summed E-state index contributed by atoms with van der Waals surface area (Å²) in [6, 6.07) is 7.67. The van der Waals surface area contributed by atoms with Crippen LogP contribution in [0.5, 0.6) is 0 Å². The fourth-order valence-electron chi connectivity index (χ4n) is 2.69. The van der Waals surface area contributed by atoms with Gasteiger partial charge in [-0.2, -0.15) is 0 Å². The minimum absolute atomic E-state index is 0. The Morgan fingerprint density at radius 1 is 1.26 bits per heavy atom. The highest BCUT2D eigenvalue weighted by molar-refractivity contribution is 5.85. The molecule has 3 N–H and O–H groups in total. The zero-order chi connectivity index (χ0) is 16.1. The molecule has 2 amide bonds. The Kier molecular flexibility index (Phi) is 7.52. The molecule has 1 aliphatic heterocycles. The van der Waals surface area contributed by atoms with Crippen LogP contribution in [0, 0.1) is 12.8 Å². The number of nitrogens with two attached hydrogens (primary N) is 1. The lowest BCUT2D eigenvalue weighted by Gasteiger charge is -2.32. The first kappa shape index (κ1) is 19.5. The van der Waals surface area contributed by atoms with Gasteiger partial charge in [0.1, 0.15) is 0 Å². The number of hydrogen-bond donors (Lipinski definition) is 2. The van der Waals surface area contributed by atoms with Crippen LogP contribution in [-0.4, -0.2) is 35.8 Å². The zero-order valence-corrected chi connectivity index (χ0v) is 14.6. The summed E-state index contributed by atoms with van der Waals surface area (Å²) in [7, 11) is 0. The summed E-state index contributed by atoms with van der Waals surface area (Å²) in [5.74, 6) is 0.0366. The van der Waals surface area contributed by atoms with Crippen molar-refractivity contribution in [2.75, 3.05) is 13.1 Å². The Morgan fingerprint density at radius 2 is 1.83 bits per heavy atom. The van der Waals surface area contributed by atoms with Gasteiger partial charge in [-0.15, -0.1) is 12.4 Å². The standard InChI is InChI=1S/C17H25N3O2.ClH/c1-12-3-5-14(6-4-12)11-19-16(21)15-7-9-20(10-8-15)17(22)13(2)18;/h3-6,13,15H,7-11,18H2,1-2H3,(H,19,21);1H/t13-;/m0./s1. The number of likely N-dealkylation sites (tertiary alicyclic amines) is 1. The van der Waals surface area contributed by atoms with Crippen LogP contribution in [0.2, 0.25) is 0 Å². The summed E-state index contributed by atoms with van der Waals surface area (Å²) in [6.07, 6.45) is 1.41. The number of carbonyl (C=O) groups excluding carboxylic acids is 2.